The van der Waals surface area contributed by atoms with Crippen molar-refractivity contribution in [2.75, 3.05) is 5.32 Å². The Bertz CT molecular complexity index is 679. The number of nitrogens with zero attached hydrogens (tertiary/aromatic N) is 1. The van der Waals surface area contributed by atoms with Crippen molar-refractivity contribution in [1.82, 2.24) is 15.3 Å². The average Bonchev–Trinajstić information content (AvgIpc) is 3.01. The third-order valence-electron chi connectivity index (χ3n) is 3.54. The molecule has 3 rings (SSSR count). The third kappa shape index (κ3) is 2.79. The van der Waals surface area contributed by atoms with Gasteiger partial charge < -0.3 is 15.6 Å². The highest BCUT2D eigenvalue weighted by molar-refractivity contribution is 5.98. The second-order valence-electron chi connectivity index (χ2n) is 5.09. The van der Waals surface area contributed by atoms with Crippen LogP contribution in [0.5, 0.6) is 0 Å². The van der Waals surface area contributed by atoms with E-state index < -0.39 is 0 Å². The van der Waals surface area contributed by atoms with E-state index in [0.717, 1.165) is 11.3 Å². The molecule has 108 valence electrons. The van der Waals surface area contributed by atoms with Crippen LogP contribution in [0.3, 0.4) is 0 Å². The van der Waals surface area contributed by atoms with Gasteiger partial charge in [-0.25, -0.2) is 4.98 Å². The average molecular weight is 284 g/mol. The first-order valence-corrected chi connectivity index (χ1v) is 6.86. The van der Waals surface area contributed by atoms with Crippen LogP contribution in [0.25, 0.3) is 0 Å². The summed E-state index contributed by atoms with van der Waals surface area (Å²) in [5.74, 6) is 0.582. The van der Waals surface area contributed by atoms with Crippen LogP contribution in [-0.2, 0) is 11.2 Å². The number of aromatic amines is 1. The molecule has 2 aromatic rings. The number of fused-ring (bicyclic) bond motifs is 1. The number of amides is 2. The molecule has 0 saturated heterocycles. The molecular weight excluding hydrogens is 268 g/mol. The summed E-state index contributed by atoms with van der Waals surface area (Å²) < 4.78 is 0. The van der Waals surface area contributed by atoms with Gasteiger partial charge in [-0.1, -0.05) is 0 Å². The molecule has 1 aliphatic heterocycles. The normalized spacial score (nSPS) is 15.0. The van der Waals surface area contributed by atoms with Crippen molar-refractivity contribution in [3.05, 3.63) is 47.5 Å². The second kappa shape index (κ2) is 5.40. The van der Waals surface area contributed by atoms with Crippen LogP contribution < -0.4 is 10.6 Å². The minimum atomic E-state index is -0.191. The first-order valence-electron chi connectivity index (χ1n) is 6.86. The molecule has 6 nitrogen and oxygen atoms in total. The molecule has 1 aromatic carbocycles. The molecule has 6 heteroatoms. The summed E-state index contributed by atoms with van der Waals surface area (Å²) in [5.41, 5.74) is 2.37. The van der Waals surface area contributed by atoms with Crippen molar-refractivity contribution in [2.24, 2.45) is 0 Å². The highest BCUT2D eigenvalue weighted by Crippen LogP contribution is 2.23. The number of rotatable bonds is 3. The summed E-state index contributed by atoms with van der Waals surface area (Å²) in [4.78, 5) is 30.7. The number of nitrogens with one attached hydrogen (secondary N) is 3. The molecule has 1 unspecified atom stereocenters. The maximum absolute atomic E-state index is 12.3. The quantitative estimate of drug-likeness (QED) is 0.803. The minimum absolute atomic E-state index is 0.0196. The minimum Gasteiger partial charge on any atom is -0.347 e. The van der Waals surface area contributed by atoms with E-state index in [2.05, 4.69) is 20.6 Å². The lowest BCUT2D eigenvalue weighted by atomic mass is 10.00. The molecule has 21 heavy (non-hydrogen) atoms. The van der Waals surface area contributed by atoms with Gasteiger partial charge in [-0.2, -0.15) is 0 Å². The fourth-order valence-corrected chi connectivity index (χ4v) is 2.39. The number of aromatic nitrogens is 2. The molecule has 0 spiro atoms. The van der Waals surface area contributed by atoms with E-state index in [-0.39, 0.29) is 17.9 Å². The summed E-state index contributed by atoms with van der Waals surface area (Å²) in [6.07, 6.45) is 4.50. The highest BCUT2D eigenvalue weighted by atomic mass is 16.2. The molecule has 3 N–H and O–H groups in total. The lowest BCUT2D eigenvalue weighted by molar-refractivity contribution is -0.116. The van der Waals surface area contributed by atoms with E-state index in [1.165, 1.54) is 0 Å². The number of hydrogen-bond acceptors (Lipinski definition) is 3. The van der Waals surface area contributed by atoms with Gasteiger partial charge >= 0.3 is 0 Å². The molecule has 2 amide bonds. The Hall–Kier alpha value is -2.63. The Balaban J connectivity index is 1.75. The van der Waals surface area contributed by atoms with Gasteiger partial charge in [0.15, 0.2) is 0 Å². The summed E-state index contributed by atoms with van der Waals surface area (Å²) in [7, 11) is 0. The number of imidazole rings is 1. The number of carbonyl (C=O) groups is 2. The van der Waals surface area contributed by atoms with Gasteiger partial charge in [0.1, 0.15) is 5.82 Å². The van der Waals surface area contributed by atoms with Crippen molar-refractivity contribution < 1.29 is 9.59 Å². The fraction of sp³-hybridized carbons (Fsp3) is 0.267. The molecule has 0 fully saturated rings. The van der Waals surface area contributed by atoms with Crippen LogP contribution in [0, 0.1) is 0 Å². The third-order valence-corrected chi connectivity index (χ3v) is 3.54. The van der Waals surface area contributed by atoms with Crippen molar-refractivity contribution in [3.63, 3.8) is 0 Å². The van der Waals surface area contributed by atoms with E-state index >= 15 is 0 Å². The molecule has 0 saturated carbocycles. The Morgan fingerprint density at radius 2 is 2.24 bits per heavy atom. The molecule has 0 aliphatic carbocycles. The van der Waals surface area contributed by atoms with Crippen LogP contribution in [0.1, 0.15) is 41.1 Å². The smallest absolute Gasteiger partial charge is 0.251 e. The molecular formula is C15H16N4O2. The number of benzene rings is 1. The van der Waals surface area contributed by atoms with Gasteiger partial charge in [0.25, 0.3) is 5.91 Å². The molecule has 0 radical (unpaired) electrons. The maximum Gasteiger partial charge on any atom is 0.251 e. The number of H-pyrrole nitrogens is 1. The standard InChI is InChI=1S/C15H16N4O2/c1-9(14-16-6-7-17-14)18-15(21)11-2-4-12-10(8-11)3-5-13(20)19-12/h2,4,6-9H,3,5H2,1H3,(H,16,17)(H,18,21)(H,19,20). The van der Waals surface area contributed by atoms with E-state index in [9.17, 15) is 9.59 Å². The van der Waals surface area contributed by atoms with E-state index in [0.29, 0.717) is 24.2 Å². The second-order valence-corrected chi connectivity index (χ2v) is 5.09. The highest BCUT2D eigenvalue weighted by Gasteiger charge is 2.18. The van der Waals surface area contributed by atoms with E-state index in [1.54, 1.807) is 24.5 Å². The van der Waals surface area contributed by atoms with E-state index in [4.69, 9.17) is 0 Å². The summed E-state index contributed by atoms with van der Waals surface area (Å²) in [5, 5.41) is 5.70. The topological polar surface area (TPSA) is 86.9 Å². The Morgan fingerprint density at radius 1 is 1.38 bits per heavy atom. The zero-order valence-corrected chi connectivity index (χ0v) is 11.6. The SMILES string of the molecule is CC(NC(=O)c1ccc2c(c1)CCC(=O)N2)c1ncc[nH]1. The van der Waals surface area contributed by atoms with Gasteiger partial charge in [-0.3, -0.25) is 9.59 Å². The monoisotopic (exact) mass is 284 g/mol. The number of anilines is 1. The van der Waals surface area contributed by atoms with Crippen LogP contribution in [0.15, 0.2) is 30.6 Å². The molecule has 1 aliphatic rings. The Kier molecular flexibility index (Phi) is 3.43. The fourth-order valence-electron chi connectivity index (χ4n) is 2.39. The maximum atomic E-state index is 12.3. The van der Waals surface area contributed by atoms with Crippen LogP contribution in [-0.4, -0.2) is 21.8 Å². The van der Waals surface area contributed by atoms with Crippen LogP contribution in [0.2, 0.25) is 0 Å². The largest absolute Gasteiger partial charge is 0.347 e. The van der Waals surface area contributed by atoms with Crippen molar-refractivity contribution in [2.45, 2.75) is 25.8 Å². The van der Waals surface area contributed by atoms with Gasteiger partial charge in [0.05, 0.1) is 6.04 Å². The van der Waals surface area contributed by atoms with E-state index in [1.807, 2.05) is 13.0 Å². The number of aryl methyl sites for hydroxylation is 1. The Labute approximate surface area is 122 Å². The zero-order chi connectivity index (χ0) is 14.8. The van der Waals surface area contributed by atoms with Gasteiger partial charge in [-0.15, -0.1) is 0 Å². The van der Waals surface area contributed by atoms with Crippen molar-refractivity contribution in [1.29, 1.82) is 0 Å². The first kappa shape index (κ1) is 13.4. The van der Waals surface area contributed by atoms with Crippen LogP contribution in [0.4, 0.5) is 5.69 Å². The van der Waals surface area contributed by atoms with Crippen molar-refractivity contribution >= 4 is 17.5 Å². The molecule has 0 bridgehead atoms. The molecule has 1 aromatic heterocycles. The van der Waals surface area contributed by atoms with Gasteiger partial charge in [0, 0.05) is 30.1 Å². The lowest BCUT2D eigenvalue weighted by Crippen LogP contribution is -2.28. The zero-order valence-electron chi connectivity index (χ0n) is 11.6. The number of carbonyl (C=O) groups excluding carboxylic acids is 2. The summed E-state index contributed by atoms with van der Waals surface area (Å²) in [6.45, 7) is 1.87. The molecule has 2 heterocycles. The lowest BCUT2D eigenvalue weighted by Gasteiger charge is -2.18. The number of hydrogen-bond donors (Lipinski definition) is 3. The molecule has 1 atom stereocenters. The predicted octanol–water partition coefficient (Wildman–Crippen LogP) is 1.79. The summed E-state index contributed by atoms with van der Waals surface area (Å²) in [6, 6.07) is 5.13. The van der Waals surface area contributed by atoms with Crippen LogP contribution >= 0.6 is 0 Å². The van der Waals surface area contributed by atoms with Crippen molar-refractivity contribution in [3.8, 4) is 0 Å². The first-order chi connectivity index (χ1) is 10.1. The van der Waals surface area contributed by atoms with Gasteiger partial charge in [-0.05, 0) is 37.1 Å². The van der Waals surface area contributed by atoms with Gasteiger partial charge in [0.2, 0.25) is 5.91 Å². The Morgan fingerprint density at radius 3 is 3.00 bits per heavy atom. The summed E-state index contributed by atoms with van der Waals surface area (Å²) >= 11 is 0. The predicted molar refractivity (Wildman–Crippen MR) is 77.9 cm³/mol.